The average molecular weight is 434 g/mol. The zero-order chi connectivity index (χ0) is 22.8. The maximum absolute atomic E-state index is 11.6. The van der Waals surface area contributed by atoms with Crippen LogP contribution in [-0.4, -0.2) is 41.2 Å². The number of nitrogens with zero attached hydrogens (tertiary/aromatic N) is 3. The van der Waals surface area contributed by atoms with Gasteiger partial charge in [-0.2, -0.15) is 0 Å². The van der Waals surface area contributed by atoms with E-state index in [1.165, 1.54) is 17.3 Å². The van der Waals surface area contributed by atoms with Crippen LogP contribution in [-0.2, 0) is 19.3 Å². The number of likely N-dealkylation sites (N-methyl/N-ethyl adjacent to an activating group) is 1. The van der Waals surface area contributed by atoms with Crippen molar-refractivity contribution in [2.45, 2.75) is 39.0 Å². The van der Waals surface area contributed by atoms with E-state index in [1.54, 1.807) is 0 Å². The van der Waals surface area contributed by atoms with Gasteiger partial charge in [-0.15, -0.1) is 0 Å². The molecule has 0 aliphatic carbocycles. The summed E-state index contributed by atoms with van der Waals surface area (Å²) in [4.78, 5) is 22.4. The summed E-state index contributed by atoms with van der Waals surface area (Å²) in [6.45, 7) is 3.40. The summed E-state index contributed by atoms with van der Waals surface area (Å²) < 4.78 is 5.83. The van der Waals surface area contributed by atoms with Crippen molar-refractivity contribution in [3.8, 4) is 5.75 Å². The van der Waals surface area contributed by atoms with Gasteiger partial charge >= 0.3 is 5.97 Å². The normalized spacial score (nSPS) is 10.7. The molecular weight excluding hydrogens is 402 g/mol. The van der Waals surface area contributed by atoms with Crippen molar-refractivity contribution in [2.24, 2.45) is 0 Å². The maximum atomic E-state index is 11.6. The van der Waals surface area contributed by atoms with Crippen molar-refractivity contribution in [3.63, 3.8) is 0 Å². The third-order valence-corrected chi connectivity index (χ3v) is 5.29. The first-order valence-electron chi connectivity index (χ1n) is 11.1. The van der Waals surface area contributed by atoms with Crippen LogP contribution >= 0.6 is 0 Å². The van der Waals surface area contributed by atoms with Gasteiger partial charge in [0.2, 0.25) is 5.95 Å². The van der Waals surface area contributed by atoms with Gasteiger partial charge in [0.05, 0.1) is 17.9 Å². The molecule has 0 bridgehead atoms. The van der Waals surface area contributed by atoms with Crippen molar-refractivity contribution >= 4 is 11.9 Å². The minimum absolute atomic E-state index is 0.147. The molecule has 0 spiro atoms. The number of aryl methyl sites for hydroxylation is 2. The second-order valence-electron chi connectivity index (χ2n) is 7.84. The Kier molecular flexibility index (Phi) is 8.61. The number of carboxylic acid groups (broad SMARTS) is 1. The third-order valence-electron chi connectivity index (χ3n) is 5.29. The van der Waals surface area contributed by atoms with Crippen LogP contribution in [0.3, 0.4) is 0 Å². The van der Waals surface area contributed by atoms with Crippen molar-refractivity contribution in [3.05, 3.63) is 83.2 Å². The highest BCUT2D eigenvalue weighted by atomic mass is 16.5. The second-order valence-corrected chi connectivity index (χ2v) is 7.84. The largest absolute Gasteiger partial charge is 0.494 e. The fourth-order valence-electron chi connectivity index (χ4n) is 3.47. The lowest BCUT2D eigenvalue weighted by molar-refractivity contribution is 0.0694. The maximum Gasteiger partial charge on any atom is 0.339 e. The molecule has 0 aliphatic heterocycles. The van der Waals surface area contributed by atoms with Gasteiger partial charge in [-0.1, -0.05) is 55.8 Å². The predicted octanol–water partition coefficient (Wildman–Crippen LogP) is 4.82. The summed E-state index contributed by atoms with van der Waals surface area (Å²) >= 11 is 0. The number of hydrogen-bond acceptors (Lipinski definition) is 5. The summed E-state index contributed by atoms with van der Waals surface area (Å²) in [5.74, 6) is 0.353. The molecule has 1 heterocycles. The topological polar surface area (TPSA) is 75.5 Å². The van der Waals surface area contributed by atoms with Crippen LogP contribution in [0.1, 0.15) is 46.9 Å². The predicted molar refractivity (Wildman–Crippen MR) is 127 cm³/mol. The molecular formula is C26H31N3O3. The Bertz CT molecular complexity index is 991. The molecule has 0 radical (unpaired) electrons. The Morgan fingerprint density at radius 3 is 2.41 bits per heavy atom. The Hall–Kier alpha value is -3.41. The zero-order valence-electron chi connectivity index (χ0n) is 18.8. The van der Waals surface area contributed by atoms with Crippen molar-refractivity contribution < 1.29 is 14.6 Å². The monoisotopic (exact) mass is 433 g/mol. The highest BCUT2D eigenvalue weighted by Crippen LogP contribution is 2.16. The van der Waals surface area contributed by atoms with E-state index < -0.39 is 5.97 Å². The van der Waals surface area contributed by atoms with Crippen molar-refractivity contribution in [1.82, 2.24) is 9.97 Å². The minimum atomic E-state index is -1.01. The molecule has 6 heteroatoms. The van der Waals surface area contributed by atoms with Gasteiger partial charge in [0.15, 0.2) is 0 Å². The molecule has 0 saturated heterocycles. The summed E-state index contributed by atoms with van der Waals surface area (Å²) in [5, 5.41) is 9.53. The van der Waals surface area contributed by atoms with Crippen LogP contribution in [0.4, 0.5) is 5.95 Å². The van der Waals surface area contributed by atoms with E-state index in [1.807, 2.05) is 42.3 Å². The molecule has 168 valence electrons. The number of rotatable bonds is 12. The van der Waals surface area contributed by atoms with E-state index in [0.717, 1.165) is 31.6 Å². The second kappa shape index (κ2) is 11.8. The molecule has 2 aromatic carbocycles. The highest BCUT2D eigenvalue weighted by Gasteiger charge is 2.15. The molecule has 0 aliphatic rings. The summed E-state index contributed by atoms with van der Waals surface area (Å²) in [6.07, 6.45) is 5.63. The number of anilines is 1. The van der Waals surface area contributed by atoms with Gasteiger partial charge in [0.1, 0.15) is 5.75 Å². The summed E-state index contributed by atoms with van der Waals surface area (Å²) in [5.41, 5.74) is 3.22. The lowest BCUT2D eigenvalue weighted by atomic mass is 10.1. The minimum Gasteiger partial charge on any atom is -0.494 e. The molecule has 6 nitrogen and oxygen atoms in total. The molecule has 1 aromatic heterocycles. The summed E-state index contributed by atoms with van der Waals surface area (Å²) in [6, 6.07) is 18.4. The van der Waals surface area contributed by atoms with Gasteiger partial charge in [0, 0.05) is 19.8 Å². The van der Waals surface area contributed by atoms with Gasteiger partial charge in [-0.05, 0) is 48.9 Å². The fraction of sp³-hybridized carbons (Fsp3) is 0.346. The molecule has 1 N–H and O–H groups in total. The van der Waals surface area contributed by atoms with Crippen LogP contribution in [0.15, 0.2) is 60.8 Å². The lowest BCUT2D eigenvalue weighted by Gasteiger charge is -2.18. The highest BCUT2D eigenvalue weighted by molar-refractivity contribution is 5.88. The van der Waals surface area contributed by atoms with E-state index in [-0.39, 0.29) is 5.56 Å². The number of hydrogen-bond donors (Lipinski definition) is 1. The van der Waals surface area contributed by atoms with Crippen LogP contribution in [0.5, 0.6) is 5.75 Å². The smallest absolute Gasteiger partial charge is 0.339 e. The standard InChI is InChI=1S/C26H31N3O3/c1-3-8-20-12-14-22(15-13-20)32-18-7-11-24-23(25(30)31)19-27-26(28-24)29(2)17-16-21-9-5-4-6-10-21/h4-6,9-10,12-15,19H,3,7-8,11,16-18H2,1-2H3,(H,30,31). The Morgan fingerprint density at radius 2 is 1.72 bits per heavy atom. The zero-order valence-corrected chi connectivity index (χ0v) is 18.8. The van der Waals surface area contributed by atoms with E-state index in [9.17, 15) is 9.90 Å². The van der Waals surface area contributed by atoms with E-state index in [2.05, 4.69) is 41.2 Å². The SMILES string of the molecule is CCCc1ccc(OCCCc2nc(N(C)CCc3ccccc3)ncc2C(=O)O)cc1. The van der Waals surface area contributed by atoms with Crippen LogP contribution in [0.2, 0.25) is 0 Å². The molecule has 32 heavy (non-hydrogen) atoms. The van der Waals surface area contributed by atoms with E-state index >= 15 is 0 Å². The van der Waals surface area contributed by atoms with Crippen LogP contribution in [0, 0.1) is 0 Å². The number of carboxylic acids is 1. The Morgan fingerprint density at radius 1 is 1.00 bits per heavy atom. The van der Waals surface area contributed by atoms with Crippen LogP contribution < -0.4 is 9.64 Å². The van der Waals surface area contributed by atoms with Gasteiger partial charge in [-0.3, -0.25) is 0 Å². The molecule has 0 amide bonds. The lowest BCUT2D eigenvalue weighted by Crippen LogP contribution is -2.24. The third kappa shape index (κ3) is 6.80. The van der Waals surface area contributed by atoms with Gasteiger partial charge < -0.3 is 14.7 Å². The number of carbonyl (C=O) groups is 1. The molecule has 3 aromatic rings. The van der Waals surface area contributed by atoms with Crippen molar-refractivity contribution in [2.75, 3.05) is 25.1 Å². The number of aromatic nitrogens is 2. The van der Waals surface area contributed by atoms with E-state index in [4.69, 9.17) is 4.74 Å². The molecule has 0 atom stereocenters. The molecule has 0 saturated carbocycles. The van der Waals surface area contributed by atoms with Crippen molar-refractivity contribution in [1.29, 1.82) is 0 Å². The molecule has 3 rings (SSSR count). The van der Waals surface area contributed by atoms with Gasteiger partial charge in [0.25, 0.3) is 0 Å². The first kappa shape index (κ1) is 23.3. The van der Waals surface area contributed by atoms with Gasteiger partial charge in [-0.25, -0.2) is 14.8 Å². The Labute approximate surface area is 189 Å². The quantitative estimate of drug-likeness (QED) is 0.413. The molecule has 0 fully saturated rings. The number of benzene rings is 2. The average Bonchev–Trinajstić information content (AvgIpc) is 2.82. The number of aromatic carboxylic acids is 1. The van der Waals surface area contributed by atoms with E-state index in [0.29, 0.717) is 31.1 Å². The first-order chi connectivity index (χ1) is 15.6. The van der Waals surface area contributed by atoms with Crippen LogP contribution in [0.25, 0.3) is 0 Å². The Balaban J connectivity index is 1.57. The number of ether oxygens (including phenoxy) is 1. The molecule has 0 unspecified atom stereocenters. The first-order valence-corrected chi connectivity index (χ1v) is 11.1. The summed E-state index contributed by atoms with van der Waals surface area (Å²) in [7, 11) is 1.92. The fourth-order valence-corrected chi connectivity index (χ4v) is 3.47.